The number of barbiturate groups is 1. The maximum atomic E-state index is 13.6. The maximum Gasteiger partial charge on any atom is 0.335 e. The number of carboxylic acids is 1. The van der Waals surface area contributed by atoms with Crippen LogP contribution in [-0.4, -0.2) is 33.5 Å². The molecule has 3 aromatic rings. The van der Waals surface area contributed by atoms with E-state index in [0.717, 1.165) is 22.7 Å². The Morgan fingerprint density at radius 1 is 0.875 bits per heavy atom. The van der Waals surface area contributed by atoms with Crippen molar-refractivity contribution in [2.75, 3.05) is 4.90 Å². The number of nitrogens with one attached hydrogen (secondary N) is 1. The van der Waals surface area contributed by atoms with E-state index in [1.54, 1.807) is 35.0 Å². The van der Waals surface area contributed by atoms with Gasteiger partial charge in [-0.1, -0.05) is 18.2 Å². The molecule has 0 atom stereocenters. The van der Waals surface area contributed by atoms with Crippen LogP contribution in [0.1, 0.15) is 60.1 Å². The molecular formula is C32H29N3O5. The summed E-state index contributed by atoms with van der Waals surface area (Å²) < 4.78 is 1.68. The fourth-order valence-corrected chi connectivity index (χ4v) is 8.00. The first-order chi connectivity index (χ1) is 19.3. The van der Waals surface area contributed by atoms with Gasteiger partial charge in [-0.2, -0.15) is 0 Å². The number of anilines is 1. The van der Waals surface area contributed by atoms with Gasteiger partial charge in [-0.25, -0.2) is 14.5 Å². The number of carbonyl (C=O) groups is 4. The zero-order valence-corrected chi connectivity index (χ0v) is 21.9. The summed E-state index contributed by atoms with van der Waals surface area (Å²) in [5.74, 6) is -0.107. The molecule has 8 rings (SSSR count). The number of aromatic nitrogens is 1. The van der Waals surface area contributed by atoms with Crippen LogP contribution in [0.5, 0.6) is 0 Å². The van der Waals surface area contributed by atoms with Gasteiger partial charge < -0.3 is 9.67 Å². The van der Waals surface area contributed by atoms with Gasteiger partial charge >= 0.3 is 12.0 Å². The zero-order valence-electron chi connectivity index (χ0n) is 21.9. The first-order valence-electron chi connectivity index (χ1n) is 13.8. The van der Waals surface area contributed by atoms with Crippen molar-refractivity contribution in [1.82, 2.24) is 9.88 Å². The van der Waals surface area contributed by atoms with Crippen LogP contribution in [-0.2, 0) is 15.0 Å². The summed E-state index contributed by atoms with van der Waals surface area (Å²) >= 11 is 0. The minimum atomic E-state index is -1.06. The Labute approximate surface area is 231 Å². The molecule has 8 nitrogen and oxygen atoms in total. The number of amides is 4. The Morgan fingerprint density at radius 3 is 2.20 bits per heavy atom. The Balaban J connectivity index is 1.18. The minimum absolute atomic E-state index is 0.116. The molecule has 1 aliphatic heterocycles. The van der Waals surface area contributed by atoms with Crippen molar-refractivity contribution in [3.8, 4) is 5.69 Å². The van der Waals surface area contributed by atoms with E-state index in [9.17, 15) is 24.3 Å². The lowest BCUT2D eigenvalue weighted by molar-refractivity contribution is -0.122. The number of nitrogens with zero attached hydrogens (tertiary/aromatic N) is 2. The number of urea groups is 1. The summed E-state index contributed by atoms with van der Waals surface area (Å²) in [6.45, 7) is 0. The van der Waals surface area contributed by atoms with Crippen LogP contribution in [0.15, 0.2) is 72.4 Å². The van der Waals surface area contributed by atoms with Gasteiger partial charge in [0.2, 0.25) is 0 Å². The number of benzene rings is 2. The van der Waals surface area contributed by atoms with Crippen molar-refractivity contribution in [3.05, 3.63) is 89.3 Å². The lowest BCUT2D eigenvalue weighted by atomic mass is 9.48. The molecule has 4 bridgehead atoms. The molecule has 8 heteroatoms. The second-order valence-electron chi connectivity index (χ2n) is 11.9. The first-order valence-corrected chi connectivity index (χ1v) is 13.8. The normalized spacial score (nSPS) is 28.3. The zero-order chi connectivity index (χ0) is 27.6. The molecule has 1 aromatic heterocycles. The average Bonchev–Trinajstić information content (AvgIpc) is 3.39. The van der Waals surface area contributed by atoms with Gasteiger partial charge in [0.05, 0.1) is 11.3 Å². The van der Waals surface area contributed by atoms with Gasteiger partial charge in [-0.05, 0) is 116 Å². The first kappa shape index (κ1) is 24.6. The Hall–Kier alpha value is -4.46. The molecule has 4 aliphatic carbocycles. The highest BCUT2D eigenvalue weighted by Gasteiger charge is 2.51. The number of hydrogen-bond acceptors (Lipinski definition) is 4. The van der Waals surface area contributed by atoms with E-state index >= 15 is 0 Å². The topological polar surface area (TPSA) is 109 Å². The summed E-state index contributed by atoms with van der Waals surface area (Å²) in [7, 11) is 0. The summed E-state index contributed by atoms with van der Waals surface area (Å²) in [4.78, 5) is 51.6. The number of carboxylic acid groups (broad SMARTS) is 1. The van der Waals surface area contributed by atoms with E-state index in [0.29, 0.717) is 17.1 Å². The van der Waals surface area contributed by atoms with E-state index in [2.05, 4.69) is 17.4 Å². The minimum Gasteiger partial charge on any atom is -0.478 e. The Bertz CT molecular complexity index is 1560. The van der Waals surface area contributed by atoms with Crippen LogP contribution in [0.2, 0.25) is 0 Å². The molecule has 2 N–H and O–H groups in total. The number of rotatable bonds is 5. The molecule has 4 saturated carbocycles. The van der Waals surface area contributed by atoms with Gasteiger partial charge in [0.1, 0.15) is 5.57 Å². The highest BCUT2D eigenvalue weighted by molar-refractivity contribution is 6.39. The van der Waals surface area contributed by atoms with Crippen molar-refractivity contribution in [2.24, 2.45) is 17.8 Å². The number of imide groups is 2. The lowest BCUT2D eigenvalue weighted by Crippen LogP contribution is -2.54. The number of carbonyl (C=O) groups excluding carboxylic acids is 3. The quantitative estimate of drug-likeness (QED) is 0.340. The van der Waals surface area contributed by atoms with Crippen molar-refractivity contribution < 1.29 is 24.3 Å². The van der Waals surface area contributed by atoms with Crippen LogP contribution in [0.4, 0.5) is 10.5 Å². The van der Waals surface area contributed by atoms with Crippen molar-refractivity contribution in [3.63, 3.8) is 0 Å². The predicted molar refractivity (Wildman–Crippen MR) is 148 cm³/mol. The smallest absolute Gasteiger partial charge is 0.335 e. The van der Waals surface area contributed by atoms with Gasteiger partial charge in [-0.15, -0.1) is 0 Å². The van der Waals surface area contributed by atoms with E-state index in [1.165, 1.54) is 62.3 Å². The summed E-state index contributed by atoms with van der Waals surface area (Å²) in [6, 6.07) is 16.8. The number of hydrogen-bond donors (Lipinski definition) is 2. The third-order valence-electron chi connectivity index (χ3n) is 9.32. The monoisotopic (exact) mass is 535 g/mol. The van der Waals surface area contributed by atoms with Gasteiger partial charge in [0.15, 0.2) is 0 Å². The van der Waals surface area contributed by atoms with Crippen LogP contribution in [0, 0.1) is 17.8 Å². The fourth-order valence-electron chi connectivity index (χ4n) is 8.00. The van der Waals surface area contributed by atoms with Crippen LogP contribution in [0.3, 0.4) is 0 Å². The third kappa shape index (κ3) is 3.97. The molecule has 40 heavy (non-hydrogen) atoms. The standard InChI is InChI=1S/C32H29N3O5/c36-28-27(15-26-5-2-10-34(26)25-4-1-3-22(14-25)30(38)39)29(37)35(31(40)33-28)24-8-6-23(7-9-24)32-16-19-11-20(17-32)13-21(12-19)18-32/h1-10,14-15,19-21H,11-13,16-18H2,(H,38,39)(H,33,36,40)/b27-15+. The predicted octanol–water partition coefficient (Wildman–Crippen LogP) is 5.31. The van der Waals surface area contributed by atoms with Crippen LogP contribution in [0.25, 0.3) is 11.8 Å². The van der Waals surface area contributed by atoms with Gasteiger partial charge in [0.25, 0.3) is 11.8 Å². The molecule has 0 spiro atoms. The highest BCUT2D eigenvalue weighted by Crippen LogP contribution is 2.60. The molecule has 2 heterocycles. The fraction of sp³-hybridized carbons (Fsp3) is 0.312. The van der Waals surface area contributed by atoms with Gasteiger partial charge in [-0.3, -0.25) is 14.9 Å². The van der Waals surface area contributed by atoms with Crippen molar-refractivity contribution in [1.29, 1.82) is 0 Å². The Morgan fingerprint density at radius 2 is 1.55 bits per heavy atom. The van der Waals surface area contributed by atoms with Gasteiger partial charge in [0, 0.05) is 17.6 Å². The molecule has 5 fully saturated rings. The largest absolute Gasteiger partial charge is 0.478 e. The highest BCUT2D eigenvalue weighted by atomic mass is 16.4. The van der Waals surface area contributed by atoms with E-state index in [1.807, 2.05) is 12.1 Å². The molecule has 4 amide bonds. The average molecular weight is 536 g/mol. The molecule has 0 unspecified atom stereocenters. The second kappa shape index (κ2) is 9.05. The summed E-state index contributed by atoms with van der Waals surface area (Å²) in [6.07, 6.45) is 10.9. The summed E-state index contributed by atoms with van der Waals surface area (Å²) in [5.41, 5.74) is 2.89. The van der Waals surface area contributed by atoms with Crippen LogP contribution < -0.4 is 10.2 Å². The van der Waals surface area contributed by atoms with E-state index in [-0.39, 0.29) is 16.6 Å². The van der Waals surface area contributed by atoms with Crippen molar-refractivity contribution in [2.45, 2.75) is 43.9 Å². The van der Waals surface area contributed by atoms with Crippen LogP contribution >= 0.6 is 0 Å². The van der Waals surface area contributed by atoms with E-state index < -0.39 is 23.8 Å². The molecular weight excluding hydrogens is 506 g/mol. The molecule has 1 saturated heterocycles. The lowest BCUT2D eigenvalue weighted by Gasteiger charge is -2.57. The third-order valence-corrected chi connectivity index (χ3v) is 9.32. The SMILES string of the molecule is O=C1NC(=O)N(c2ccc(C34CC5CC(CC(C5)C3)C4)cc2)C(=O)/C1=C/c1cccn1-c1cccc(C(=O)O)c1. The van der Waals surface area contributed by atoms with Crippen molar-refractivity contribution >= 4 is 35.6 Å². The summed E-state index contributed by atoms with van der Waals surface area (Å²) in [5, 5.41) is 11.7. The van der Waals surface area contributed by atoms with E-state index in [4.69, 9.17) is 0 Å². The Kier molecular flexibility index (Phi) is 5.56. The molecule has 0 radical (unpaired) electrons. The maximum absolute atomic E-state index is 13.6. The molecule has 2 aromatic carbocycles. The molecule has 5 aliphatic rings. The molecule has 202 valence electrons. The number of aromatic carboxylic acids is 1. The second-order valence-corrected chi connectivity index (χ2v) is 11.9.